The summed E-state index contributed by atoms with van der Waals surface area (Å²) in [7, 11) is 0. The highest BCUT2D eigenvalue weighted by atomic mass is 14.6. The molecule has 0 radical (unpaired) electrons. The molecule has 0 amide bonds. The van der Waals surface area contributed by atoms with E-state index in [1.54, 1.807) is 57.8 Å². The predicted molar refractivity (Wildman–Crippen MR) is 116 cm³/mol. The molecule has 0 heteroatoms. The lowest BCUT2D eigenvalue weighted by Crippen LogP contribution is -2.52. The molecule has 0 spiro atoms. The highest BCUT2D eigenvalue weighted by Gasteiger charge is 2.59. The first-order chi connectivity index (χ1) is 12.9. The fraction of sp³-hybridized carbons (Fsp3) is 1.00. The first-order valence-corrected chi connectivity index (χ1v) is 12.9. The maximum absolute atomic E-state index is 2.75. The van der Waals surface area contributed by atoms with Crippen molar-refractivity contribution >= 4 is 0 Å². The average molecular weight is 371 g/mol. The minimum Gasteiger partial charge on any atom is -0.0620 e. The maximum Gasteiger partial charge on any atom is -0.0266 e. The molecule has 0 bridgehead atoms. The van der Waals surface area contributed by atoms with Gasteiger partial charge in [-0.15, -0.1) is 0 Å². The van der Waals surface area contributed by atoms with Crippen molar-refractivity contribution in [3.63, 3.8) is 0 Å². The third-order valence-corrected chi connectivity index (χ3v) is 11.9. The SMILES string of the molecule is CC1C(C)C1CCCC1CCC2C3CCC4CCCCC4(C)C3CCC12C. The molecule has 27 heavy (non-hydrogen) atoms. The van der Waals surface area contributed by atoms with Crippen molar-refractivity contribution in [2.75, 3.05) is 0 Å². The minimum absolute atomic E-state index is 0.708. The van der Waals surface area contributed by atoms with Crippen LogP contribution in [0.2, 0.25) is 0 Å². The van der Waals surface area contributed by atoms with Gasteiger partial charge in [-0.05, 0) is 122 Å². The van der Waals surface area contributed by atoms with Crippen LogP contribution in [0.15, 0.2) is 0 Å². The monoisotopic (exact) mass is 370 g/mol. The second kappa shape index (κ2) is 6.77. The summed E-state index contributed by atoms with van der Waals surface area (Å²) in [4.78, 5) is 0. The summed E-state index contributed by atoms with van der Waals surface area (Å²) >= 11 is 0. The van der Waals surface area contributed by atoms with Crippen LogP contribution in [0.25, 0.3) is 0 Å². The van der Waals surface area contributed by atoms with E-state index in [-0.39, 0.29) is 0 Å². The predicted octanol–water partition coefficient (Wildman–Crippen LogP) is 8.11. The topological polar surface area (TPSA) is 0 Å². The standard InChI is InChI=1S/C27H46/c1-18-19(2)22(18)10-7-9-21-12-14-24-23-13-11-20-8-5-6-16-26(20,3)25(23)15-17-27(21,24)4/h18-25H,5-17H2,1-4H3. The van der Waals surface area contributed by atoms with Gasteiger partial charge in [-0.2, -0.15) is 0 Å². The number of fused-ring (bicyclic) bond motifs is 5. The largest absolute Gasteiger partial charge is 0.0620 e. The van der Waals surface area contributed by atoms with E-state index in [1.165, 1.54) is 25.7 Å². The molecule has 154 valence electrons. The van der Waals surface area contributed by atoms with Crippen molar-refractivity contribution in [2.45, 2.75) is 111 Å². The first kappa shape index (κ1) is 19.0. The fourth-order valence-electron chi connectivity index (χ4n) is 9.77. The van der Waals surface area contributed by atoms with E-state index in [4.69, 9.17) is 0 Å². The lowest BCUT2D eigenvalue weighted by Gasteiger charge is -2.60. The molecule has 0 aromatic carbocycles. The van der Waals surface area contributed by atoms with Gasteiger partial charge in [0.25, 0.3) is 0 Å². The van der Waals surface area contributed by atoms with Crippen molar-refractivity contribution in [2.24, 2.45) is 58.2 Å². The van der Waals surface area contributed by atoms with Crippen LogP contribution in [0.4, 0.5) is 0 Å². The number of hydrogen-bond acceptors (Lipinski definition) is 0. The average Bonchev–Trinajstić information content (AvgIpc) is 3.07. The molecule has 5 fully saturated rings. The Bertz CT molecular complexity index is 542. The van der Waals surface area contributed by atoms with Gasteiger partial charge in [0.1, 0.15) is 0 Å². The molecule has 5 aliphatic carbocycles. The molecule has 5 aliphatic rings. The van der Waals surface area contributed by atoms with Gasteiger partial charge in [0.2, 0.25) is 0 Å². The van der Waals surface area contributed by atoms with Gasteiger partial charge in [0, 0.05) is 0 Å². The molecule has 5 saturated carbocycles. The molecule has 0 aromatic rings. The second-order valence-corrected chi connectivity index (χ2v) is 12.5. The zero-order valence-electron chi connectivity index (χ0n) is 18.8. The molecule has 5 rings (SSSR count). The second-order valence-electron chi connectivity index (χ2n) is 12.5. The van der Waals surface area contributed by atoms with E-state index >= 15 is 0 Å². The van der Waals surface area contributed by atoms with Crippen LogP contribution in [0, 0.1) is 58.2 Å². The van der Waals surface area contributed by atoms with Crippen LogP contribution >= 0.6 is 0 Å². The van der Waals surface area contributed by atoms with Crippen molar-refractivity contribution in [3.05, 3.63) is 0 Å². The Morgan fingerprint density at radius 2 is 1.48 bits per heavy atom. The van der Waals surface area contributed by atoms with Crippen LogP contribution in [-0.4, -0.2) is 0 Å². The Labute approximate surface area is 169 Å². The smallest absolute Gasteiger partial charge is 0.0266 e. The molecule has 9 unspecified atom stereocenters. The maximum atomic E-state index is 2.75. The van der Waals surface area contributed by atoms with Crippen molar-refractivity contribution in [1.29, 1.82) is 0 Å². The van der Waals surface area contributed by atoms with E-state index in [0.717, 1.165) is 52.8 Å². The molecule has 0 aliphatic heterocycles. The van der Waals surface area contributed by atoms with Crippen LogP contribution < -0.4 is 0 Å². The lowest BCUT2D eigenvalue weighted by atomic mass is 9.45. The van der Waals surface area contributed by atoms with E-state index in [2.05, 4.69) is 27.7 Å². The quantitative estimate of drug-likeness (QED) is 0.469. The van der Waals surface area contributed by atoms with Crippen LogP contribution in [-0.2, 0) is 0 Å². The Kier molecular flexibility index (Phi) is 4.76. The summed E-state index contributed by atoms with van der Waals surface area (Å²) in [6.07, 6.45) is 20.3. The van der Waals surface area contributed by atoms with E-state index in [9.17, 15) is 0 Å². The zero-order chi connectivity index (χ0) is 18.8. The van der Waals surface area contributed by atoms with Crippen molar-refractivity contribution in [3.8, 4) is 0 Å². The van der Waals surface area contributed by atoms with E-state index < -0.39 is 0 Å². The Morgan fingerprint density at radius 3 is 2.26 bits per heavy atom. The first-order valence-electron chi connectivity index (χ1n) is 12.9. The van der Waals surface area contributed by atoms with Crippen LogP contribution in [0.1, 0.15) is 111 Å². The molecule has 0 N–H and O–H groups in total. The third-order valence-electron chi connectivity index (χ3n) is 11.9. The number of hydrogen-bond donors (Lipinski definition) is 0. The van der Waals surface area contributed by atoms with E-state index in [1.807, 2.05) is 0 Å². The summed E-state index contributed by atoms with van der Waals surface area (Å²) in [6.45, 7) is 10.4. The minimum atomic E-state index is 0.708. The normalized spacial score (nSPS) is 56.9. The van der Waals surface area contributed by atoms with Crippen molar-refractivity contribution in [1.82, 2.24) is 0 Å². The van der Waals surface area contributed by atoms with Crippen molar-refractivity contribution < 1.29 is 0 Å². The highest BCUT2D eigenvalue weighted by Crippen LogP contribution is 2.68. The van der Waals surface area contributed by atoms with Gasteiger partial charge in [-0.25, -0.2) is 0 Å². The Morgan fingerprint density at radius 1 is 0.704 bits per heavy atom. The summed E-state index contributed by atoms with van der Waals surface area (Å²) in [5, 5.41) is 0. The molecule has 0 aromatic heterocycles. The van der Waals surface area contributed by atoms with Gasteiger partial charge in [0.05, 0.1) is 0 Å². The fourth-order valence-corrected chi connectivity index (χ4v) is 9.77. The van der Waals surface area contributed by atoms with Crippen LogP contribution in [0.5, 0.6) is 0 Å². The lowest BCUT2D eigenvalue weighted by molar-refractivity contribution is -0.111. The molecular weight excluding hydrogens is 324 g/mol. The van der Waals surface area contributed by atoms with Gasteiger partial charge in [-0.3, -0.25) is 0 Å². The summed E-state index contributed by atoms with van der Waals surface area (Å²) in [5.41, 5.74) is 1.43. The molecule has 9 atom stereocenters. The summed E-state index contributed by atoms with van der Waals surface area (Å²) < 4.78 is 0. The number of rotatable bonds is 4. The van der Waals surface area contributed by atoms with Crippen LogP contribution in [0.3, 0.4) is 0 Å². The van der Waals surface area contributed by atoms with Gasteiger partial charge in [0.15, 0.2) is 0 Å². The van der Waals surface area contributed by atoms with Gasteiger partial charge >= 0.3 is 0 Å². The molecule has 0 saturated heterocycles. The molecule has 0 nitrogen and oxygen atoms in total. The third kappa shape index (κ3) is 2.89. The summed E-state index contributed by atoms with van der Waals surface area (Å²) in [6, 6.07) is 0. The Hall–Kier alpha value is 0. The summed E-state index contributed by atoms with van der Waals surface area (Å²) in [5.74, 6) is 8.53. The Balaban J connectivity index is 1.25. The molecular formula is C27H46. The van der Waals surface area contributed by atoms with Gasteiger partial charge in [-0.1, -0.05) is 47.0 Å². The molecule has 0 heterocycles. The zero-order valence-corrected chi connectivity index (χ0v) is 18.8. The highest BCUT2D eigenvalue weighted by molar-refractivity contribution is 5.08. The van der Waals surface area contributed by atoms with E-state index in [0.29, 0.717) is 5.41 Å². The van der Waals surface area contributed by atoms with Gasteiger partial charge < -0.3 is 0 Å².